The predicted molar refractivity (Wildman–Crippen MR) is 66.4 cm³/mol. The summed E-state index contributed by atoms with van der Waals surface area (Å²) in [6.45, 7) is 4.42. The van der Waals surface area contributed by atoms with Gasteiger partial charge in [-0.3, -0.25) is 4.79 Å². The fourth-order valence-corrected chi connectivity index (χ4v) is 2.94. The molecule has 2 unspecified atom stereocenters. The van der Waals surface area contributed by atoms with Gasteiger partial charge in [-0.1, -0.05) is 6.92 Å². The van der Waals surface area contributed by atoms with Crippen LogP contribution in [-0.2, 0) is 9.53 Å². The number of amides is 1. The first-order chi connectivity index (χ1) is 8.08. The Labute approximate surface area is 103 Å². The van der Waals surface area contributed by atoms with Gasteiger partial charge >= 0.3 is 0 Å². The molecule has 0 aromatic carbocycles. The molecule has 2 N–H and O–H groups in total. The Morgan fingerprint density at radius 3 is 2.76 bits per heavy atom. The van der Waals surface area contributed by atoms with E-state index in [-0.39, 0.29) is 5.92 Å². The van der Waals surface area contributed by atoms with Crippen molar-refractivity contribution in [2.24, 2.45) is 23.5 Å². The summed E-state index contributed by atoms with van der Waals surface area (Å²) < 4.78 is 5.38. The normalized spacial score (nSPS) is 37.4. The summed E-state index contributed by atoms with van der Waals surface area (Å²) in [5, 5.41) is 0. The van der Waals surface area contributed by atoms with Gasteiger partial charge in [0.15, 0.2) is 0 Å². The molecule has 4 nitrogen and oxygen atoms in total. The summed E-state index contributed by atoms with van der Waals surface area (Å²) in [4.78, 5) is 14.2. The van der Waals surface area contributed by atoms with Crippen LogP contribution in [-0.4, -0.2) is 43.7 Å². The number of rotatable bonds is 3. The van der Waals surface area contributed by atoms with Gasteiger partial charge in [0, 0.05) is 38.8 Å². The second-order valence-corrected chi connectivity index (χ2v) is 5.76. The van der Waals surface area contributed by atoms with Gasteiger partial charge in [-0.25, -0.2) is 0 Å². The Bertz CT molecular complexity index is 277. The molecule has 0 aromatic rings. The second kappa shape index (κ2) is 5.36. The smallest absolute Gasteiger partial charge is 0.225 e. The number of nitrogens with zero attached hydrogens (tertiary/aromatic N) is 1. The maximum atomic E-state index is 12.3. The highest BCUT2D eigenvalue weighted by atomic mass is 16.5. The highest BCUT2D eigenvalue weighted by molar-refractivity contribution is 5.79. The largest absolute Gasteiger partial charge is 0.381 e. The highest BCUT2D eigenvalue weighted by Crippen LogP contribution is 2.28. The lowest BCUT2D eigenvalue weighted by atomic mass is 9.80. The van der Waals surface area contributed by atoms with Crippen LogP contribution in [0, 0.1) is 17.8 Å². The molecule has 1 amide bonds. The molecular weight excluding hydrogens is 216 g/mol. The molecule has 98 valence electrons. The zero-order chi connectivity index (χ0) is 12.4. The number of hydrogen-bond acceptors (Lipinski definition) is 3. The second-order valence-electron chi connectivity index (χ2n) is 5.76. The Morgan fingerprint density at radius 2 is 2.18 bits per heavy atom. The minimum atomic E-state index is 0.155. The van der Waals surface area contributed by atoms with Crippen molar-refractivity contribution in [3.8, 4) is 0 Å². The summed E-state index contributed by atoms with van der Waals surface area (Å²) in [6, 6.07) is 0.366. The van der Waals surface area contributed by atoms with Crippen molar-refractivity contribution < 1.29 is 9.53 Å². The van der Waals surface area contributed by atoms with Crippen LogP contribution in [0.4, 0.5) is 0 Å². The van der Waals surface area contributed by atoms with E-state index < -0.39 is 0 Å². The summed E-state index contributed by atoms with van der Waals surface area (Å²) in [6.07, 6.45) is 3.01. The first kappa shape index (κ1) is 12.8. The standard InChI is InChI=1S/C13H24N2O2/c1-9-8-17-4-3-12(9)13(16)15(2)7-10-5-11(14)6-10/h9-12H,3-8,14H2,1-2H3. The Morgan fingerprint density at radius 1 is 1.47 bits per heavy atom. The molecule has 1 saturated heterocycles. The third kappa shape index (κ3) is 2.99. The maximum Gasteiger partial charge on any atom is 0.225 e. The molecular formula is C13H24N2O2. The van der Waals surface area contributed by atoms with E-state index in [1.165, 1.54) is 0 Å². The lowest BCUT2D eigenvalue weighted by Gasteiger charge is -2.37. The lowest BCUT2D eigenvalue weighted by Crippen LogP contribution is -2.46. The van der Waals surface area contributed by atoms with Gasteiger partial charge in [-0.05, 0) is 31.1 Å². The molecule has 0 spiro atoms. The first-order valence-electron chi connectivity index (χ1n) is 6.66. The van der Waals surface area contributed by atoms with Crippen LogP contribution in [0.2, 0.25) is 0 Å². The topological polar surface area (TPSA) is 55.6 Å². The zero-order valence-corrected chi connectivity index (χ0v) is 10.9. The van der Waals surface area contributed by atoms with Gasteiger partial charge in [-0.2, -0.15) is 0 Å². The Hall–Kier alpha value is -0.610. The van der Waals surface area contributed by atoms with Gasteiger partial charge in [0.1, 0.15) is 0 Å². The maximum absolute atomic E-state index is 12.3. The Kier molecular flexibility index (Phi) is 4.05. The molecule has 2 fully saturated rings. The minimum Gasteiger partial charge on any atom is -0.381 e. The molecule has 2 rings (SSSR count). The fourth-order valence-electron chi connectivity index (χ4n) is 2.94. The molecule has 2 aliphatic rings. The number of carbonyl (C=O) groups is 1. The van der Waals surface area contributed by atoms with Crippen LogP contribution < -0.4 is 5.73 Å². The fraction of sp³-hybridized carbons (Fsp3) is 0.923. The third-order valence-electron chi connectivity index (χ3n) is 4.14. The van der Waals surface area contributed by atoms with E-state index in [9.17, 15) is 4.79 Å². The quantitative estimate of drug-likeness (QED) is 0.796. The van der Waals surface area contributed by atoms with E-state index in [1.807, 2.05) is 11.9 Å². The average molecular weight is 240 g/mol. The Balaban J connectivity index is 1.81. The number of carbonyl (C=O) groups excluding carboxylic acids is 1. The van der Waals surface area contributed by atoms with Crippen LogP contribution in [0.1, 0.15) is 26.2 Å². The lowest BCUT2D eigenvalue weighted by molar-refractivity contribution is -0.141. The molecule has 4 heteroatoms. The average Bonchev–Trinajstić information content (AvgIpc) is 2.26. The first-order valence-corrected chi connectivity index (χ1v) is 6.66. The van der Waals surface area contributed by atoms with Crippen molar-refractivity contribution in [3.05, 3.63) is 0 Å². The van der Waals surface area contributed by atoms with Crippen LogP contribution in [0.15, 0.2) is 0 Å². The van der Waals surface area contributed by atoms with Crippen molar-refractivity contribution in [1.82, 2.24) is 4.90 Å². The summed E-state index contributed by atoms with van der Waals surface area (Å²) in [7, 11) is 1.92. The monoisotopic (exact) mass is 240 g/mol. The van der Waals surface area contributed by atoms with E-state index in [1.54, 1.807) is 0 Å². The summed E-state index contributed by atoms with van der Waals surface area (Å²) in [5.41, 5.74) is 5.77. The minimum absolute atomic E-state index is 0.155. The van der Waals surface area contributed by atoms with E-state index in [0.717, 1.165) is 39.0 Å². The third-order valence-corrected chi connectivity index (χ3v) is 4.14. The van der Waals surface area contributed by atoms with Crippen LogP contribution in [0.5, 0.6) is 0 Å². The molecule has 0 bridgehead atoms. The molecule has 0 radical (unpaired) electrons. The molecule has 1 aliphatic heterocycles. The van der Waals surface area contributed by atoms with Crippen molar-refractivity contribution in [1.29, 1.82) is 0 Å². The van der Waals surface area contributed by atoms with Gasteiger partial charge in [0.05, 0.1) is 0 Å². The van der Waals surface area contributed by atoms with E-state index >= 15 is 0 Å². The zero-order valence-electron chi connectivity index (χ0n) is 10.9. The molecule has 0 aromatic heterocycles. The number of hydrogen-bond donors (Lipinski definition) is 1. The van der Waals surface area contributed by atoms with Crippen molar-refractivity contribution in [2.75, 3.05) is 26.8 Å². The van der Waals surface area contributed by atoms with Gasteiger partial charge in [0.25, 0.3) is 0 Å². The molecule has 1 saturated carbocycles. The number of ether oxygens (including phenoxy) is 1. The SMILES string of the molecule is CC1COCCC1C(=O)N(C)CC1CC(N)C1. The van der Waals surface area contributed by atoms with Gasteiger partial charge in [-0.15, -0.1) is 0 Å². The van der Waals surface area contributed by atoms with Gasteiger partial charge < -0.3 is 15.4 Å². The molecule has 2 atom stereocenters. The van der Waals surface area contributed by atoms with Crippen molar-refractivity contribution >= 4 is 5.91 Å². The molecule has 1 aliphatic carbocycles. The molecule has 1 heterocycles. The van der Waals surface area contributed by atoms with Gasteiger partial charge in [0.2, 0.25) is 5.91 Å². The van der Waals surface area contributed by atoms with E-state index in [2.05, 4.69) is 6.92 Å². The number of nitrogens with two attached hydrogens (primary N) is 1. The van der Waals surface area contributed by atoms with Crippen molar-refractivity contribution in [3.63, 3.8) is 0 Å². The van der Waals surface area contributed by atoms with Crippen molar-refractivity contribution in [2.45, 2.75) is 32.2 Å². The summed E-state index contributed by atoms with van der Waals surface area (Å²) in [5.74, 6) is 1.42. The highest BCUT2D eigenvalue weighted by Gasteiger charge is 2.33. The van der Waals surface area contributed by atoms with E-state index in [4.69, 9.17) is 10.5 Å². The van der Waals surface area contributed by atoms with Crippen LogP contribution in [0.3, 0.4) is 0 Å². The summed E-state index contributed by atoms with van der Waals surface area (Å²) >= 11 is 0. The van der Waals surface area contributed by atoms with Crippen LogP contribution >= 0.6 is 0 Å². The van der Waals surface area contributed by atoms with Crippen LogP contribution in [0.25, 0.3) is 0 Å². The predicted octanol–water partition coefficient (Wildman–Crippen LogP) is 0.855. The molecule has 17 heavy (non-hydrogen) atoms. The van der Waals surface area contributed by atoms with E-state index in [0.29, 0.717) is 23.8 Å².